The standard InChI is InChI=1S/C12H27N3O/c1-14(2)9-11-16-10-6-13-12-4-7-15(3)8-5-12/h12-13H,4-11H2,1-3H3. The minimum atomic E-state index is 0.702. The lowest BCUT2D eigenvalue weighted by molar-refractivity contribution is 0.114. The van der Waals surface area contributed by atoms with Gasteiger partial charge in [-0.1, -0.05) is 0 Å². The highest BCUT2D eigenvalue weighted by Gasteiger charge is 2.15. The van der Waals surface area contributed by atoms with Gasteiger partial charge in [-0.15, -0.1) is 0 Å². The van der Waals surface area contributed by atoms with Gasteiger partial charge in [0.2, 0.25) is 0 Å². The van der Waals surface area contributed by atoms with Gasteiger partial charge < -0.3 is 19.9 Å². The van der Waals surface area contributed by atoms with Crippen molar-refractivity contribution in [2.24, 2.45) is 0 Å². The lowest BCUT2D eigenvalue weighted by atomic mass is 10.1. The Morgan fingerprint density at radius 1 is 1.25 bits per heavy atom. The molecule has 4 heteroatoms. The van der Waals surface area contributed by atoms with Crippen molar-refractivity contribution in [2.75, 3.05) is 60.5 Å². The highest BCUT2D eigenvalue weighted by atomic mass is 16.5. The highest BCUT2D eigenvalue weighted by molar-refractivity contribution is 4.74. The van der Waals surface area contributed by atoms with Crippen molar-refractivity contribution in [1.29, 1.82) is 0 Å². The van der Waals surface area contributed by atoms with Crippen LogP contribution in [0.1, 0.15) is 12.8 Å². The van der Waals surface area contributed by atoms with Gasteiger partial charge in [0.1, 0.15) is 0 Å². The second-order valence-corrected chi connectivity index (χ2v) is 4.95. The first-order valence-electron chi connectivity index (χ1n) is 6.33. The molecule has 1 rings (SSSR count). The van der Waals surface area contributed by atoms with Crippen molar-refractivity contribution in [3.63, 3.8) is 0 Å². The number of likely N-dealkylation sites (tertiary alicyclic amines) is 1. The van der Waals surface area contributed by atoms with Crippen LogP contribution in [0.25, 0.3) is 0 Å². The van der Waals surface area contributed by atoms with Gasteiger partial charge in [-0.05, 0) is 47.1 Å². The summed E-state index contributed by atoms with van der Waals surface area (Å²) in [6.45, 7) is 6.11. The molecule has 0 bridgehead atoms. The Kier molecular flexibility index (Phi) is 6.96. The van der Waals surface area contributed by atoms with Crippen LogP contribution in [0.4, 0.5) is 0 Å². The van der Waals surface area contributed by atoms with Crippen LogP contribution in [-0.2, 0) is 4.74 Å². The average molecular weight is 229 g/mol. The second-order valence-electron chi connectivity index (χ2n) is 4.95. The van der Waals surface area contributed by atoms with E-state index in [4.69, 9.17) is 4.74 Å². The Balaban J connectivity index is 1.87. The summed E-state index contributed by atoms with van der Waals surface area (Å²) in [5.74, 6) is 0. The van der Waals surface area contributed by atoms with E-state index in [2.05, 4.69) is 36.3 Å². The molecule has 1 saturated heterocycles. The van der Waals surface area contributed by atoms with Crippen molar-refractivity contribution in [3.05, 3.63) is 0 Å². The summed E-state index contributed by atoms with van der Waals surface area (Å²) in [6, 6.07) is 0.702. The van der Waals surface area contributed by atoms with Crippen LogP contribution in [0, 0.1) is 0 Å². The summed E-state index contributed by atoms with van der Waals surface area (Å²) in [7, 11) is 6.33. The molecule has 1 N–H and O–H groups in total. The van der Waals surface area contributed by atoms with Gasteiger partial charge in [0, 0.05) is 19.1 Å². The summed E-state index contributed by atoms with van der Waals surface area (Å²) in [5.41, 5.74) is 0. The first-order valence-corrected chi connectivity index (χ1v) is 6.33. The summed E-state index contributed by atoms with van der Waals surface area (Å²) in [4.78, 5) is 4.54. The van der Waals surface area contributed by atoms with Crippen LogP contribution < -0.4 is 5.32 Å². The van der Waals surface area contributed by atoms with Crippen molar-refractivity contribution < 1.29 is 4.74 Å². The molecular weight excluding hydrogens is 202 g/mol. The number of nitrogens with zero attached hydrogens (tertiary/aromatic N) is 2. The fraction of sp³-hybridized carbons (Fsp3) is 1.00. The third-order valence-electron chi connectivity index (χ3n) is 3.08. The van der Waals surface area contributed by atoms with E-state index >= 15 is 0 Å². The molecule has 0 radical (unpaired) electrons. The maximum Gasteiger partial charge on any atom is 0.0593 e. The van der Waals surface area contributed by atoms with Crippen LogP contribution >= 0.6 is 0 Å². The predicted octanol–water partition coefficient (Wildman–Crippen LogP) is 0.248. The fourth-order valence-electron chi connectivity index (χ4n) is 1.90. The molecule has 1 aliphatic rings. The molecule has 0 spiro atoms. The third kappa shape index (κ3) is 6.43. The summed E-state index contributed by atoms with van der Waals surface area (Å²) in [5, 5.41) is 3.56. The molecular formula is C12H27N3O. The summed E-state index contributed by atoms with van der Waals surface area (Å²) >= 11 is 0. The Bertz CT molecular complexity index is 168. The Hall–Kier alpha value is -0.160. The quantitative estimate of drug-likeness (QED) is 0.633. The third-order valence-corrected chi connectivity index (χ3v) is 3.08. The van der Waals surface area contributed by atoms with Crippen molar-refractivity contribution in [3.8, 4) is 0 Å². The molecule has 0 aromatic carbocycles. The monoisotopic (exact) mass is 229 g/mol. The molecule has 0 aliphatic carbocycles. The molecule has 1 heterocycles. The molecule has 4 nitrogen and oxygen atoms in total. The van der Waals surface area contributed by atoms with E-state index in [1.165, 1.54) is 25.9 Å². The van der Waals surface area contributed by atoms with Gasteiger partial charge in [0.05, 0.1) is 13.2 Å². The number of ether oxygens (including phenoxy) is 1. The average Bonchev–Trinajstić information content (AvgIpc) is 2.25. The predicted molar refractivity (Wildman–Crippen MR) is 67.9 cm³/mol. The first kappa shape index (κ1) is 13.9. The van der Waals surface area contributed by atoms with Gasteiger partial charge in [0.25, 0.3) is 0 Å². The summed E-state index contributed by atoms with van der Waals surface area (Å²) < 4.78 is 5.54. The number of nitrogens with one attached hydrogen (secondary N) is 1. The zero-order chi connectivity index (χ0) is 11.8. The first-order chi connectivity index (χ1) is 7.68. The zero-order valence-electron chi connectivity index (χ0n) is 11.0. The van der Waals surface area contributed by atoms with E-state index in [-0.39, 0.29) is 0 Å². The molecule has 0 atom stereocenters. The molecule has 1 aliphatic heterocycles. The van der Waals surface area contributed by atoms with Crippen LogP contribution in [0.2, 0.25) is 0 Å². The van der Waals surface area contributed by atoms with E-state index in [1.807, 2.05) is 0 Å². The fourth-order valence-corrected chi connectivity index (χ4v) is 1.90. The van der Waals surface area contributed by atoms with Gasteiger partial charge in [-0.25, -0.2) is 0 Å². The SMILES string of the molecule is CN(C)CCOCCNC1CCN(C)CC1. The van der Waals surface area contributed by atoms with Gasteiger partial charge in [-0.3, -0.25) is 0 Å². The van der Waals surface area contributed by atoms with Crippen LogP contribution in [0.3, 0.4) is 0 Å². The minimum Gasteiger partial charge on any atom is -0.379 e. The zero-order valence-corrected chi connectivity index (χ0v) is 11.0. The van der Waals surface area contributed by atoms with E-state index in [0.29, 0.717) is 6.04 Å². The Morgan fingerprint density at radius 3 is 2.56 bits per heavy atom. The molecule has 96 valence electrons. The Morgan fingerprint density at radius 2 is 1.94 bits per heavy atom. The summed E-state index contributed by atoms with van der Waals surface area (Å²) in [6.07, 6.45) is 2.54. The largest absolute Gasteiger partial charge is 0.379 e. The van der Waals surface area contributed by atoms with Crippen molar-refractivity contribution in [1.82, 2.24) is 15.1 Å². The lowest BCUT2D eigenvalue weighted by Gasteiger charge is -2.29. The van der Waals surface area contributed by atoms with E-state index in [1.54, 1.807) is 0 Å². The maximum absolute atomic E-state index is 5.54. The molecule has 0 amide bonds. The minimum absolute atomic E-state index is 0.702. The van der Waals surface area contributed by atoms with Gasteiger partial charge in [-0.2, -0.15) is 0 Å². The van der Waals surface area contributed by atoms with Gasteiger partial charge in [0.15, 0.2) is 0 Å². The molecule has 0 saturated carbocycles. The normalized spacial score (nSPS) is 19.5. The number of piperidine rings is 1. The van der Waals surface area contributed by atoms with Crippen LogP contribution in [-0.4, -0.2) is 76.4 Å². The number of hydrogen-bond donors (Lipinski definition) is 1. The second kappa shape index (κ2) is 8.01. The van der Waals surface area contributed by atoms with Crippen molar-refractivity contribution >= 4 is 0 Å². The van der Waals surface area contributed by atoms with E-state index < -0.39 is 0 Å². The topological polar surface area (TPSA) is 27.7 Å². The molecule has 0 aromatic heterocycles. The van der Waals surface area contributed by atoms with E-state index in [9.17, 15) is 0 Å². The smallest absolute Gasteiger partial charge is 0.0593 e. The molecule has 1 fully saturated rings. The maximum atomic E-state index is 5.54. The molecule has 0 unspecified atom stereocenters. The number of rotatable bonds is 7. The lowest BCUT2D eigenvalue weighted by Crippen LogP contribution is -2.41. The Labute approximate surface area is 99.9 Å². The highest BCUT2D eigenvalue weighted by Crippen LogP contribution is 2.07. The number of likely N-dealkylation sites (N-methyl/N-ethyl adjacent to an activating group) is 1. The van der Waals surface area contributed by atoms with E-state index in [0.717, 1.165) is 26.3 Å². The van der Waals surface area contributed by atoms with Crippen LogP contribution in [0.15, 0.2) is 0 Å². The number of hydrogen-bond acceptors (Lipinski definition) is 4. The molecule has 0 aromatic rings. The van der Waals surface area contributed by atoms with Crippen LogP contribution in [0.5, 0.6) is 0 Å². The molecule has 16 heavy (non-hydrogen) atoms. The van der Waals surface area contributed by atoms with Gasteiger partial charge >= 0.3 is 0 Å². The van der Waals surface area contributed by atoms with Crippen molar-refractivity contribution in [2.45, 2.75) is 18.9 Å².